The number of benzene rings is 1. The topological polar surface area (TPSA) is 47.8 Å². The quantitative estimate of drug-likeness (QED) is 0.745. The summed E-state index contributed by atoms with van der Waals surface area (Å²) < 4.78 is 1.48. The molecule has 0 spiro atoms. The van der Waals surface area contributed by atoms with Crippen LogP contribution in [0.2, 0.25) is 0 Å². The van der Waals surface area contributed by atoms with Crippen LogP contribution in [0.15, 0.2) is 59.7 Å². The van der Waals surface area contributed by atoms with Crippen molar-refractivity contribution in [2.45, 2.75) is 20.4 Å². The van der Waals surface area contributed by atoms with Gasteiger partial charge in [-0.15, -0.1) is 0 Å². The van der Waals surface area contributed by atoms with Crippen molar-refractivity contribution in [3.8, 4) is 11.3 Å². The van der Waals surface area contributed by atoms with E-state index in [-0.39, 0.29) is 5.56 Å². The molecule has 0 atom stereocenters. The van der Waals surface area contributed by atoms with Gasteiger partial charge in [0.25, 0.3) is 5.56 Å². The van der Waals surface area contributed by atoms with Crippen LogP contribution in [0, 0.1) is 13.8 Å². The van der Waals surface area contributed by atoms with E-state index in [1.54, 1.807) is 24.5 Å². The van der Waals surface area contributed by atoms with Gasteiger partial charge in [-0.2, -0.15) is 5.10 Å². The van der Waals surface area contributed by atoms with Gasteiger partial charge in [-0.25, -0.2) is 4.68 Å². The van der Waals surface area contributed by atoms with Crippen LogP contribution < -0.4 is 5.56 Å². The summed E-state index contributed by atoms with van der Waals surface area (Å²) in [7, 11) is 0. The summed E-state index contributed by atoms with van der Waals surface area (Å²) >= 11 is 0. The van der Waals surface area contributed by atoms with E-state index in [1.165, 1.54) is 10.2 Å². The van der Waals surface area contributed by atoms with E-state index < -0.39 is 0 Å². The van der Waals surface area contributed by atoms with Crippen LogP contribution in [0.3, 0.4) is 0 Å². The Hall–Kier alpha value is -2.75. The molecule has 2 aromatic heterocycles. The first kappa shape index (κ1) is 14.2. The Morgan fingerprint density at radius 3 is 2.68 bits per heavy atom. The van der Waals surface area contributed by atoms with E-state index in [4.69, 9.17) is 0 Å². The number of pyridine rings is 1. The van der Waals surface area contributed by atoms with Gasteiger partial charge in [-0.05, 0) is 37.1 Å². The third kappa shape index (κ3) is 2.96. The number of rotatable bonds is 3. The highest BCUT2D eigenvalue weighted by atomic mass is 16.1. The second-order valence-corrected chi connectivity index (χ2v) is 5.39. The van der Waals surface area contributed by atoms with E-state index in [0.717, 1.165) is 22.4 Å². The Bertz CT molecular complexity index is 854. The first-order chi connectivity index (χ1) is 10.6. The summed E-state index contributed by atoms with van der Waals surface area (Å²) in [5.74, 6) is 0. The predicted octanol–water partition coefficient (Wildman–Crippen LogP) is 2.97. The molecule has 0 amide bonds. The van der Waals surface area contributed by atoms with Crippen molar-refractivity contribution >= 4 is 0 Å². The van der Waals surface area contributed by atoms with Crippen LogP contribution in [0.1, 0.15) is 16.7 Å². The monoisotopic (exact) mass is 291 g/mol. The van der Waals surface area contributed by atoms with Crippen LogP contribution in [-0.2, 0) is 6.54 Å². The average molecular weight is 291 g/mol. The smallest absolute Gasteiger partial charge is 0.267 e. The molecule has 0 radical (unpaired) electrons. The van der Waals surface area contributed by atoms with Gasteiger partial charge in [0.1, 0.15) is 0 Å². The average Bonchev–Trinajstić information content (AvgIpc) is 2.51. The molecule has 3 rings (SSSR count). The molecular weight excluding hydrogens is 274 g/mol. The van der Waals surface area contributed by atoms with Gasteiger partial charge in [0.05, 0.1) is 12.2 Å². The zero-order chi connectivity index (χ0) is 15.5. The molecule has 1 aromatic carbocycles. The lowest BCUT2D eigenvalue weighted by Gasteiger charge is -2.09. The zero-order valence-electron chi connectivity index (χ0n) is 12.7. The highest BCUT2D eigenvalue weighted by molar-refractivity contribution is 5.63. The van der Waals surface area contributed by atoms with E-state index >= 15 is 0 Å². The maximum atomic E-state index is 12.0. The SMILES string of the molecule is Cc1ccc(-c2ccc(=O)n(Cc3cccnc3)n2)c(C)c1. The van der Waals surface area contributed by atoms with Gasteiger partial charge in [0.15, 0.2) is 0 Å². The molecule has 0 aliphatic rings. The Morgan fingerprint density at radius 2 is 1.95 bits per heavy atom. The van der Waals surface area contributed by atoms with Crippen LogP contribution in [0.25, 0.3) is 11.3 Å². The molecule has 4 nitrogen and oxygen atoms in total. The number of hydrogen-bond donors (Lipinski definition) is 0. The highest BCUT2D eigenvalue weighted by Gasteiger charge is 2.07. The van der Waals surface area contributed by atoms with E-state index in [1.807, 2.05) is 18.2 Å². The molecule has 0 aliphatic carbocycles. The molecule has 0 aliphatic heterocycles. The number of aromatic nitrogens is 3. The van der Waals surface area contributed by atoms with Crippen molar-refractivity contribution in [1.82, 2.24) is 14.8 Å². The number of aryl methyl sites for hydroxylation is 2. The Morgan fingerprint density at radius 1 is 1.09 bits per heavy atom. The molecule has 0 fully saturated rings. The van der Waals surface area contributed by atoms with Crippen LogP contribution in [0.4, 0.5) is 0 Å². The molecular formula is C18H17N3O. The van der Waals surface area contributed by atoms with Crippen molar-refractivity contribution < 1.29 is 0 Å². The fourth-order valence-corrected chi connectivity index (χ4v) is 2.47. The summed E-state index contributed by atoms with van der Waals surface area (Å²) in [5, 5.41) is 4.50. The number of hydrogen-bond acceptors (Lipinski definition) is 3. The summed E-state index contributed by atoms with van der Waals surface area (Å²) in [5.41, 5.74) is 5.06. The lowest BCUT2D eigenvalue weighted by molar-refractivity contribution is 0.641. The maximum absolute atomic E-state index is 12.0. The molecule has 0 saturated carbocycles. The molecule has 3 aromatic rings. The van der Waals surface area contributed by atoms with Gasteiger partial charge in [0.2, 0.25) is 0 Å². The van der Waals surface area contributed by atoms with E-state index in [9.17, 15) is 4.79 Å². The summed E-state index contributed by atoms with van der Waals surface area (Å²) in [6.07, 6.45) is 3.46. The fourth-order valence-electron chi connectivity index (χ4n) is 2.47. The van der Waals surface area contributed by atoms with Gasteiger partial charge in [-0.3, -0.25) is 9.78 Å². The molecule has 2 heterocycles. The third-order valence-electron chi connectivity index (χ3n) is 3.58. The lowest BCUT2D eigenvalue weighted by atomic mass is 10.0. The number of nitrogens with zero attached hydrogens (tertiary/aromatic N) is 3. The summed E-state index contributed by atoms with van der Waals surface area (Å²) in [6, 6.07) is 13.4. The molecule has 4 heteroatoms. The van der Waals surface area contributed by atoms with E-state index in [0.29, 0.717) is 6.54 Å². The van der Waals surface area contributed by atoms with Crippen molar-refractivity contribution in [3.05, 3.63) is 81.9 Å². The minimum absolute atomic E-state index is 0.114. The fraction of sp³-hybridized carbons (Fsp3) is 0.167. The normalized spacial score (nSPS) is 10.6. The van der Waals surface area contributed by atoms with Crippen LogP contribution in [-0.4, -0.2) is 14.8 Å². The summed E-state index contributed by atoms with van der Waals surface area (Å²) in [6.45, 7) is 4.54. The zero-order valence-corrected chi connectivity index (χ0v) is 12.7. The van der Waals surface area contributed by atoms with E-state index in [2.05, 4.69) is 36.1 Å². The van der Waals surface area contributed by atoms with Crippen molar-refractivity contribution in [2.24, 2.45) is 0 Å². The van der Waals surface area contributed by atoms with Crippen molar-refractivity contribution in [3.63, 3.8) is 0 Å². The molecule has 110 valence electrons. The minimum atomic E-state index is -0.114. The van der Waals surface area contributed by atoms with Gasteiger partial charge in [-0.1, -0.05) is 29.8 Å². The maximum Gasteiger partial charge on any atom is 0.267 e. The van der Waals surface area contributed by atoms with Gasteiger partial charge < -0.3 is 0 Å². The second-order valence-electron chi connectivity index (χ2n) is 5.39. The van der Waals surface area contributed by atoms with Crippen molar-refractivity contribution in [2.75, 3.05) is 0 Å². The first-order valence-corrected chi connectivity index (χ1v) is 7.18. The summed E-state index contributed by atoms with van der Waals surface area (Å²) in [4.78, 5) is 16.1. The molecule has 0 N–H and O–H groups in total. The standard InChI is InChI=1S/C18H17N3O/c1-13-5-6-16(14(2)10-13)17-7-8-18(22)21(20-17)12-15-4-3-9-19-11-15/h3-11H,12H2,1-2H3. The highest BCUT2D eigenvalue weighted by Crippen LogP contribution is 2.21. The minimum Gasteiger partial charge on any atom is -0.268 e. The van der Waals surface area contributed by atoms with Gasteiger partial charge in [0, 0.05) is 24.0 Å². The lowest BCUT2D eigenvalue weighted by Crippen LogP contribution is -2.23. The Labute approximate surface area is 129 Å². The second kappa shape index (κ2) is 5.93. The largest absolute Gasteiger partial charge is 0.268 e. The molecule has 22 heavy (non-hydrogen) atoms. The molecule has 0 saturated heterocycles. The van der Waals surface area contributed by atoms with Crippen LogP contribution in [0.5, 0.6) is 0 Å². The van der Waals surface area contributed by atoms with Gasteiger partial charge >= 0.3 is 0 Å². The first-order valence-electron chi connectivity index (χ1n) is 7.18. The molecule has 0 bridgehead atoms. The van der Waals surface area contributed by atoms with Crippen LogP contribution >= 0.6 is 0 Å². The molecule has 0 unspecified atom stereocenters. The third-order valence-corrected chi connectivity index (χ3v) is 3.58. The predicted molar refractivity (Wildman–Crippen MR) is 86.7 cm³/mol. The van der Waals surface area contributed by atoms with Crippen molar-refractivity contribution in [1.29, 1.82) is 0 Å². The Kier molecular flexibility index (Phi) is 3.83. The Balaban J connectivity index is 2.01.